The Hall–Kier alpha value is -2.67. The predicted octanol–water partition coefficient (Wildman–Crippen LogP) is 4.95. The fraction of sp³-hybridized carbons (Fsp3) is 0.593. The van der Waals surface area contributed by atoms with E-state index in [1.165, 1.54) is 5.57 Å². The molecule has 0 radical (unpaired) electrons. The Morgan fingerprint density at radius 1 is 1.24 bits per heavy atom. The molecule has 1 aromatic rings. The summed E-state index contributed by atoms with van der Waals surface area (Å²) in [5.41, 5.74) is 1.87. The van der Waals surface area contributed by atoms with Crippen LogP contribution in [0.3, 0.4) is 0 Å². The molecule has 0 atom stereocenters. The molecule has 0 aromatic carbocycles. The third kappa shape index (κ3) is 6.69. The number of nitrogens with zero attached hydrogens (tertiary/aromatic N) is 4. The summed E-state index contributed by atoms with van der Waals surface area (Å²) < 4.78 is 5.55. The number of amides is 1. The normalized spacial score (nSPS) is 17.7. The summed E-state index contributed by atoms with van der Waals surface area (Å²) in [5.74, 6) is 2.44. The van der Waals surface area contributed by atoms with Crippen LogP contribution in [0, 0.1) is 5.92 Å². The van der Waals surface area contributed by atoms with Gasteiger partial charge in [0.05, 0.1) is 7.11 Å². The Kier molecular flexibility index (Phi) is 9.28. The Balaban J connectivity index is 1.86. The van der Waals surface area contributed by atoms with Gasteiger partial charge in [0.1, 0.15) is 11.6 Å². The molecule has 0 bridgehead atoms. The van der Waals surface area contributed by atoms with E-state index in [2.05, 4.69) is 36.0 Å². The minimum absolute atomic E-state index is 0.0236. The monoisotopic (exact) mass is 467 g/mol. The number of ether oxygens (including phenoxy) is 1. The number of anilines is 2. The molecule has 0 unspecified atom stereocenters. The van der Waals surface area contributed by atoms with E-state index in [4.69, 9.17) is 9.72 Å². The first-order valence-corrected chi connectivity index (χ1v) is 12.6. The summed E-state index contributed by atoms with van der Waals surface area (Å²) >= 11 is 0. The van der Waals surface area contributed by atoms with Gasteiger partial charge in [0.25, 0.3) is 5.91 Å². The molecule has 1 aromatic heterocycles. The summed E-state index contributed by atoms with van der Waals surface area (Å²) in [6.45, 7) is 13.5. The van der Waals surface area contributed by atoms with E-state index in [9.17, 15) is 4.79 Å². The van der Waals surface area contributed by atoms with Gasteiger partial charge in [-0.05, 0) is 96.2 Å². The molecule has 2 aliphatic rings. The molecule has 1 fully saturated rings. The first-order valence-electron chi connectivity index (χ1n) is 12.6. The lowest BCUT2D eigenvalue weighted by atomic mass is 9.95. The zero-order valence-corrected chi connectivity index (χ0v) is 21.7. The van der Waals surface area contributed by atoms with Gasteiger partial charge < -0.3 is 15.0 Å². The Morgan fingerprint density at radius 2 is 1.97 bits per heavy atom. The SMILES string of the molecule is CCC1=C(OC)C=CC(C(=O)N(CC2CCN(C(C)C)CC2)c2ccnc(NC(C)C)n2)=CC1. The van der Waals surface area contributed by atoms with Crippen molar-refractivity contribution in [1.29, 1.82) is 0 Å². The highest BCUT2D eigenvalue weighted by Crippen LogP contribution is 2.27. The van der Waals surface area contributed by atoms with E-state index < -0.39 is 0 Å². The van der Waals surface area contributed by atoms with Crippen molar-refractivity contribution in [2.45, 2.75) is 72.4 Å². The van der Waals surface area contributed by atoms with Gasteiger partial charge >= 0.3 is 0 Å². The van der Waals surface area contributed by atoms with E-state index in [1.807, 2.05) is 43.0 Å². The van der Waals surface area contributed by atoms with Crippen LogP contribution in [0.2, 0.25) is 0 Å². The van der Waals surface area contributed by atoms with Gasteiger partial charge in [-0.2, -0.15) is 4.98 Å². The Bertz CT molecular complexity index is 927. The lowest BCUT2D eigenvalue weighted by molar-refractivity contribution is -0.115. The number of rotatable bonds is 9. The third-order valence-electron chi connectivity index (χ3n) is 6.63. The molecule has 1 amide bonds. The van der Waals surface area contributed by atoms with Crippen molar-refractivity contribution in [3.05, 3.63) is 47.4 Å². The summed E-state index contributed by atoms with van der Waals surface area (Å²) in [5, 5.41) is 3.26. The summed E-state index contributed by atoms with van der Waals surface area (Å²) in [6.07, 6.45) is 11.3. The predicted molar refractivity (Wildman–Crippen MR) is 139 cm³/mol. The fourth-order valence-electron chi connectivity index (χ4n) is 4.55. The smallest absolute Gasteiger partial charge is 0.259 e. The summed E-state index contributed by atoms with van der Waals surface area (Å²) in [7, 11) is 1.68. The van der Waals surface area contributed by atoms with Gasteiger partial charge in [0.15, 0.2) is 0 Å². The topological polar surface area (TPSA) is 70.6 Å². The molecule has 1 saturated heterocycles. The van der Waals surface area contributed by atoms with Crippen LogP contribution in [0.15, 0.2) is 47.4 Å². The van der Waals surface area contributed by atoms with Crippen molar-refractivity contribution in [3.8, 4) is 0 Å². The zero-order chi connectivity index (χ0) is 24.7. The van der Waals surface area contributed by atoms with Gasteiger partial charge in [-0.3, -0.25) is 9.69 Å². The number of hydrogen-bond donors (Lipinski definition) is 1. The van der Waals surface area contributed by atoms with E-state index in [0.717, 1.165) is 38.1 Å². The number of likely N-dealkylation sites (tertiary alicyclic amines) is 1. The van der Waals surface area contributed by atoms with E-state index in [0.29, 0.717) is 42.3 Å². The van der Waals surface area contributed by atoms with Crippen LogP contribution in [0.25, 0.3) is 0 Å². The largest absolute Gasteiger partial charge is 0.497 e. The van der Waals surface area contributed by atoms with Gasteiger partial charge in [-0.25, -0.2) is 4.98 Å². The molecule has 0 saturated carbocycles. The second-order valence-electron chi connectivity index (χ2n) is 9.75. The number of aromatic nitrogens is 2. The Labute approximate surface area is 205 Å². The van der Waals surface area contributed by atoms with Crippen molar-refractivity contribution >= 4 is 17.7 Å². The maximum atomic E-state index is 13.9. The van der Waals surface area contributed by atoms with Gasteiger partial charge in [-0.1, -0.05) is 13.0 Å². The Morgan fingerprint density at radius 3 is 2.59 bits per heavy atom. The minimum atomic E-state index is -0.0236. The number of methoxy groups -OCH3 is 1. The molecule has 1 aliphatic carbocycles. The fourth-order valence-corrected chi connectivity index (χ4v) is 4.55. The van der Waals surface area contributed by atoms with Crippen molar-refractivity contribution in [3.63, 3.8) is 0 Å². The van der Waals surface area contributed by atoms with Gasteiger partial charge in [0, 0.05) is 30.4 Å². The molecule has 1 aliphatic heterocycles. The van der Waals surface area contributed by atoms with E-state index >= 15 is 0 Å². The van der Waals surface area contributed by atoms with Crippen molar-refractivity contribution in [2.75, 3.05) is 37.0 Å². The second-order valence-corrected chi connectivity index (χ2v) is 9.75. The van der Waals surface area contributed by atoms with Crippen LogP contribution in [0.1, 0.15) is 60.3 Å². The molecule has 34 heavy (non-hydrogen) atoms. The van der Waals surface area contributed by atoms with Crippen LogP contribution < -0.4 is 10.2 Å². The second kappa shape index (κ2) is 12.2. The molecule has 7 heteroatoms. The quantitative estimate of drug-likeness (QED) is 0.554. The zero-order valence-electron chi connectivity index (χ0n) is 21.7. The number of piperidine rings is 1. The first kappa shape index (κ1) is 25.9. The van der Waals surface area contributed by atoms with E-state index in [1.54, 1.807) is 13.3 Å². The molecule has 7 nitrogen and oxygen atoms in total. The van der Waals surface area contributed by atoms with Crippen molar-refractivity contribution < 1.29 is 9.53 Å². The first-order chi connectivity index (χ1) is 16.3. The minimum Gasteiger partial charge on any atom is -0.497 e. The number of nitrogens with one attached hydrogen (secondary N) is 1. The highest BCUT2D eigenvalue weighted by Gasteiger charge is 2.28. The van der Waals surface area contributed by atoms with Crippen LogP contribution in [0.5, 0.6) is 0 Å². The standard InChI is InChI=1S/C27H41N5O2/c1-7-22-8-9-23(10-11-24(22)34-6)26(33)32(18-21-13-16-31(17-14-21)20(4)5)25-12-15-28-27(30-25)29-19(2)3/h9-12,15,19-21H,7-8,13-14,16-18H2,1-6H3,(H,28,29,30). The average molecular weight is 468 g/mol. The lowest BCUT2D eigenvalue weighted by Gasteiger charge is -2.36. The molecule has 3 rings (SSSR count). The van der Waals surface area contributed by atoms with Crippen LogP contribution in [0.4, 0.5) is 11.8 Å². The molecular formula is C27H41N5O2. The molecule has 2 heterocycles. The van der Waals surface area contributed by atoms with Crippen molar-refractivity contribution in [2.24, 2.45) is 5.92 Å². The van der Waals surface area contributed by atoms with Gasteiger partial charge in [-0.15, -0.1) is 0 Å². The maximum absolute atomic E-state index is 13.9. The molecule has 1 N–H and O–H groups in total. The molecular weight excluding hydrogens is 426 g/mol. The highest BCUT2D eigenvalue weighted by molar-refractivity contribution is 6.07. The average Bonchev–Trinajstić information content (AvgIpc) is 3.04. The number of allylic oxidation sites excluding steroid dienone is 3. The van der Waals surface area contributed by atoms with E-state index in [-0.39, 0.29) is 11.9 Å². The number of hydrogen-bond acceptors (Lipinski definition) is 6. The van der Waals surface area contributed by atoms with Crippen molar-refractivity contribution in [1.82, 2.24) is 14.9 Å². The summed E-state index contributed by atoms with van der Waals surface area (Å²) in [6, 6.07) is 2.60. The molecule has 0 spiro atoms. The number of carbonyl (C=O) groups is 1. The third-order valence-corrected chi connectivity index (χ3v) is 6.63. The van der Waals surface area contributed by atoms with Crippen LogP contribution in [-0.4, -0.2) is 59.6 Å². The lowest BCUT2D eigenvalue weighted by Crippen LogP contribution is -2.43. The summed E-state index contributed by atoms with van der Waals surface area (Å²) in [4.78, 5) is 27.3. The van der Waals surface area contributed by atoms with Gasteiger partial charge in [0.2, 0.25) is 5.95 Å². The maximum Gasteiger partial charge on any atom is 0.259 e. The van der Waals surface area contributed by atoms with Crippen LogP contribution >= 0.6 is 0 Å². The van der Waals surface area contributed by atoms with Crippen LogP contribution in [-0.2, 0) is 9.53 Å². The highest BCUT2D eigenvalue weighted by atomic mass is 16.5. The molecule has 186 valence electrons. The number of carbonyl (C=O) groups excluding carboxylic acids is 1.